The van der Waals surface area contributed by atoms with E-state index in [1.54, 1.807) is 6.92 Å². The number of rotatable bonds is 4. The summed E-state index contributed by atoms with van der Waals surface area (Å²) in [6.45, 7) is 1.65. The van der Waals surface area contributed by atoms with E-state index in [1.807, 2.05) is 21.1 Å². The molecule has 0 aromatic carbocycles. The lowest BCUT2D eigenvalue weighted by atomic mass is 10.1. The van der Waals surface area contributed by atoms with Crippen LogP contribution in [0.15, 0.2) is 11.8 Å². The summed E-state index contributed by atoms with van der Waals surface area (Å²) >= 11 is 5.05. The van der Waals surface area contributed by atoms with Crippen molar-refractivity contribution < 1.29 is 9.28 Å². The quantitative estimate of drug-likeness (QED) is 0.579. The average molecular weight is 227 g/mol. The van der Waals surface area contributed by atoms with Crippen molar-refractivity contribution in [2.24, 2.45) is 0 Å². The second kappa shape index (κ2) is 4.41. The van der Waals surface area contributed by atoms with Gasteiger partial charge < -0.3 is 9.80 Å². The van der Waals surface area contributed by atoms with E-state index in [-0.39, 0.29) is 11.8 Å². The van der Waals surface area contributed by atoms with Crippen molar-refractivity contribution in [3.8, 4) is 0 Å². The normalized spacial score (nSPS) is 18.4. The summed E-state index contributed by atoms with van der Waals surface area (Å²) in [7, 11) is 6.12. The van der Waals surface area contributed by atoms with Crippen LogP contribution in [0.4, 0.5) is 0 Å². The van der Waals surface area contributed by atoms with Gasteiger partial charge in [0, 0.05) is 25.5 Å². The molecular formula is C11H19N2OS+. The van der Waals surface area contributed by atoms with Gasteiger partial charge in [0.15, 0.2) is 11.8 Å². The number of thiocarbonyl (C=S) groups is 1. The molecule has 1 heterocycles. The van der Waals surface area contributed by atoms with Crippen molar-refractivity contribution in [3.05, 3.63) is 11.8 Å². The minimum absolute atomic E-state index is 0.00431. The highest BCUT2D eigenvalue weighted by Gasteiger charge is 2.30. The highest BCUT2D eigenvalue weighted by Crippen LogP contribution is 2.17. The lowest BCUT2D eigenvalue weighted by Crippen LogP contribution is -2.49. The van der Waals surface area contributed by atoms with Gasteiger partial charge in [-0.05, 0) is 0 Å². The van der Waals surface area contributed by atoms with Crippen molar-refractivity contribution in [1.29, 1.82) is 0 Å². The lowest BCUT2D eigenvalue weighted by Gasteiger charge is -2.32. The first kappa shape index (κ1) is 12.3. The van der Waals surface area contributed by atoms with Crippen LogP contribution >= 0.6 is 12.2 Å². The van der Waals surface area contributed by atoms with Crippen molar-refractivity contribution in [2.45, 2.75) is 25.8 Å². The standard InChI is InChI=1S/C11H18N2OS/c1-8(14)10(13(2,3)4)7-9-5-6-11(15)12-9/h5,10H,6-7H2,1-4H3/p+1. The molecule has 1 rings (SSSR count). The highest BCUT2D eigenvalue weighted by atomic mass is 32.1. The number of ketones is 1. The molecular weight excluding hydrogens is 208 g/mol. The smallest absolute Gasteiger partial charge is 0.187 e. The van der Waals surface area contributed by atoms with E-state index in [2.05, 4.69) is 11.4 Å². The van der Waals surface area contributed by atoms with Gasteiger partial charge in [-0.1, -0.05) is 18.3 Å². The minimum atomic E-state index is 0.00431. The van der Waals surface area contributed by atoms with Crippen molar-refractivity contribution in [1.82, 2.24) is 5.32 Å². The van der Waals surface area contributed by atoms with Crippen LogP contribution in [0.5, 0.6) is 0 Å². The van der Waals surface area contributed by atoms with Gasteiger partial charge in [-0.25, -0.2) is 0 Å². The fourth-order valence-electron chi connectivity index (χ4n) is 1.80. The summed E-state index contributed by atoms with van der Waals surface area (Å²) in [4.78, 5) is 12.4. The zero-order valence-electron chi connectivity index (χ0n) is 9.83. The monoisotopic (exact) mass is 227 g/mol. The Morgan fingerprint density at radius 3 is 2.53 bits per heavy atom. The van der Waals surface area contributed by atoms with Crippen LogP contribution in [-0.4, -0.2) is 42.4 Å². The van der Waals surface area contributed by atoms with E-state index in [0.717, 1.165) is 23.5 Å². The van der Waals surface area contributed by atoms with Gasteiger partial charge in [0.1, 0.15) is 0 Å². The maximum atomic E-state index is 11.6. The van der Waals surface area contributed by atoms with E-state index < -0.39 is 0 Å². The van der Waals surface area contributed by atoms with Crippen LogP contribution in [0.1, 0.15) is 19.8 Å². The molecule has 0 saturated heterocycles. The van der Waals surface area contributed by atoms with Gasteiger partial charge in [-0.15, -0.1) is 0 Å². The second-order valence-electron chi connectivity index (χ2n) is 4.93. The molecule has 0 amide bonds. The molecule has 0 spiro atoms. The van der Waals surface area contributed by atoms with Crippen molar-refractivity contribution in [2.75, 3.05) is 21.1 Å². The number of nitrogens with zero attached hydrogens (tertiary/aromatic N) is 1. The predicted octanol–water partition coefficient (Wildman–Crippen LogP) is 1.24. The lowest BCUT2D eigenvalue weighted by molar-refractivity contribution is -0.886. The van der Waals surface area contributed by atoms with E-state index in [4.69, 9.17) is 12.2 Å². The van der Waals surface area contributed by atoms with Gasteiger partial charge in [-0.2, -0.15) is 0 Å². The molecule has 1 aliphatic heterocycles. The largest absolute Gasteiger partial charge is 0.353 e. The summed E-state index contributed by atoms with van der Waals surface area (Å²) in [5, 5.41) is 3.14. The van der Waals surface area contributed by atoms with Crippen molar-refractivity contribution >= 4 is 23.0 Å². The van der Waals surface area contributed by atoms with E-state index >= 15 is 0 Å². The van der Waals surface area contributed by atoms with Crippen LogP contribution in [0.2, 0.25) is 0 Å². The molecule has 0 fully saturated rings. The minimum Gasteiger partial charge on any atom is -0.353 e. The number of nitrogens with one attached hydrogen (secondary N) is 1. The number of carbonyl (C=O) groups is 1. The zero-order chi connectivity index (χ0) is 11.6. The Morgan fingerprint density at radius 1 is 1.60 bits per heavy atom. The predicted molar refractivity (Wildman–Crippen MR) is 65.6 cm³/mol. The first-order chi connectivity index (χ1) is 6.80. The molecule has 0 aromatic heterocycles. The third-order valence-corrected chi connectivity index (χ3v) is 2.92. The molecule has 84 valence electrons. The van der Waals surface area contributed by atoms with Gasteiger partial charge in [0.05, 0.1) is 26.1 Å². The number of quaternary nitrogens is 1. The fraction of sp³-hybridized carbons (Fsp3) is 0.636. The Morgan fingerprint density at radius 2 is 2.20 bits per heavy atom. The van der Waals surface area contributed by atoms with Gasteiger partial charge in [-0.3, -0.25) is 4.79 Å². The molecule has 1 atom stereocenters. The van der Waals surface area contributed by atoms with Crippen LogP contribution in [0.25, 0.3) is 0 Å². The Hall–Kier alpha value is -0.740. The Balaban J connectivity index is 2.68. The maximum Gasteiger partial charge on any atom is 0.187 e. The zero-order valence-corrected chi connectivity index (χ0v) is 10.6. The molecule has 1 aliphatic rings. The van der Waals surface area contributed by atoms with E-state index in [9.17, 15) is 4.79 Å². The van der Waals surface area contributed by atoms with Crippen molar-refractivity contribution in [3.63, 3.8) is 0 Å². The van der Waals surface area contributed by atoms with Gasteiger partial charge in [0.2, 0.25) is 0 Å². The van der Waals surface area contributed by atoms with Crippen LogP contribution in [0.3, 0.4) is 0 Å². The molecule has 1 unspecified atom stereocenters. The summed E-state index contributed by atoms with van der Waals surface area (Å²) in [6.07, 6.45) is 3.64. The highest BCUT2D eigenvalue weighted by molar-refractivity contribution is 7.80. The number of hydrogen-bond donors (Lipinski definition) is 1. The first-order valence-corrected chi connectivity index (χ1v) is 5.52. The summed E-state index contributed by atoms with van der Waals surface area (Å²) in [6, 6.07) is 0.00431. The average Bonchev–Trinajstić information content (AvgIpc) is 2.44. The number of likely N-dealkylation sites (N-methyl/N-ethyl adjacent to an activating group) is 1. The maximum absolute atomic E-state index is 11.6. The van der Waals surface area contributed by atoms with Crippen LogP contribution < -0.4 is 5.32 Å². The third-order valence-electron chi connectivity index (χ3n) is 2.65. The molecule has 0 saturated carbocycles. The summed E-state index contributed by atoms with van der Waals surface area (Å²) < 4.78 is 0.654. The number of carbonyl (C=O) groups excluding carboxylic acids is 1. The third kappa shape index (κ3) is 3.39. The fourth-order valence-corrected chi connectivity index (χ4v) is 2.02. The Kier molecular flexibility index (Phi) is 3.62. The molecule has 0 radical (unpaired) electrons. The Labute approximate surface area is 96.7 Å². The van der Waals surface area contributed by atoms with Gasteiger partial charge in [0.25, 0.3) is 0 Å². The van der Waals surface area contributed by atoms with Crippen LogP contribution in [0, 0.1) is 0 Å². The molecule has 0 aromatic rings. The van der Waals surface area contributed by atoms with E-state index in [0.29, 0.717) is 4.48 Å². The molecule has 3 nitrogen and oxygen atoms in total. The number of hydrogen-bond acceptors (Lipinski definition) is 2. The van der Waals surface area contributed by atoms with E-state index in [1.165, 1.54) is 0 Å². The summed E-state index contributed by atoms with van der Waals surface area (Å²) in [5.41, 5.74) is 1.09. The van der Waals surface area contributed by atoms with Gasteiger partial charge >= 0.3 is 0 Å². The molecule has 0 aliphatic carbocycles. The summed E-state index contributed by atoms with van der Waals surface area (Å²) in [5.74, 6) is 0.225. The molecule has 1 N–H and O–H groups in total. The SMILES string of the molecule is CC(=O)C(CC1=CCC(=S)N1)[N+](C)(C)C. The topological polar surface area (TPSA) is 29.1 Å². The second-order valence-corrected chi connectivity index (χ2v) is 5.42. The number of Topliss-reactive ketones (excluding diaryl/α,β-unsaturated/α-hetero) is 1. The first-order valence-electron chi connectivity index (χ1n) is 5.11. The molecule has 15 heavy (non-hydrogen) atoms. The van der Waals surface area contributed by atoms with Crippen LogP contribution in [-0.2, 0) is 4.79 Å². The molecule has 0 bridgehead atoms. The molecule has 4 heteroatoms. The Bertz CT molecular complexity index is 315.